The fourth-order valence-electron chi connectivity index (χ4n) is 0.476. The zero-order valence-electron chi connectivity index (χ0n) is 4.50. The summed E-state index contributed by atoms with van der Waals surface area (Å²) in [5.74, 6) is -0.0197. The Kier molecular flexibility index (Phi) is 1.59. The van der Waals surface area contributed by atoms with Crippen molar-refractivity contribution in [2.75, 3.05) is 0 Å². The molecule has 4 nitrogen and oxygen atoms in total. The van der Waals surface area contributed by atoms with Crippen LogP contribution in [0.15, 0.2) is 12.3 Å². The summed E-state index contributed by atoms with van der Waals surface area (Å²) in [7, 11) is 0. The molecule has 0 fully saturated rings. The first-order valence-corrected chi connectivity index (χ1v) is 2.79. The maximum Gasteiger partial charge on any atom is 0.202 e. The van der Waals surface area contributed by atoms with Crippen LogP contribution in [0.4, 0.5) is 0 Å². The fourth-order valence-corrected chi connectivity index (χ4v) is 0.653. The summed E-state index contributed by atoms with van der Waals surface area (Å²) in [6.07, 6.45) is 2.91. The van der Waals surface area contributed by atoms with Crippen molar-refractivity contribution in [3.8, 4) is 0 Å². The maximum atomic E-state index is 8.81. The van der Waals surface area contributed by atoms with E-state index in [0.717, 1.165) is 0 Å². The van der Waals surface area contributed by atoms with Gasteiger partial charge in [-0.25, -0.2) is 5.06 Å². The van der Waals surface area contributed by atoms with Gasteiger partial charge in [0, 0.05) is 6.20 Å². The van der Waals surface area contributed by atoms with Crippen molar-refractivity contribution in [2.24, 2.45) is 0 Å². The van der Waals surface area contributed by atoms with Gasteiger partial charge in [-0.2, -0.15) is 0 Å². The number of nitrogens with zero attached hydrogens (tertiary/aromatic N) is 1. The van der Waals surface area contributed by atoms with Gasteiger partial charge in [-0.1, -0.05) is 11.6 Å². The number of nitrogens with one attached hydrogen (secondary N) is 2. The zero-order valence-corrected chi connectivity index (χ0v) is 5.26. The third-order valence-corrected chi connectivity index (χ3v) is 1.25. The monoisotopic (exact) mass is 147 g/mol. The Morgan fingerprint density at radius 3 is 3.00 bits per heavy atom. The Morgan fingerprint density at radius 2 is 2.56 bits per heavy atom. The molecular weight excluding hydrogens is 142 g/mol. The van der Waals surface area contributed by atoms with Crippen molar-refractivity contribution >= 4 is 17.4 Å². The van der Waals surface area contributed by atoms with Crippen molar-refractivity contribution in [1.82, 2.24) is 10.4 Å². The predicted molar refractivity (Wildman–Crippen MR) is 33.3 cm³/mol. The molecule has 1 aliphatic heterocycles. The molecule has 0 amide bonds. The molecule has 0 saturated carbocycles. The molecule has 0 saturated heterocycles. The molecule has 1 atom stereocenters. The first kappa shape index (κ1) is 6.38. The lowest BCUT2D eigenvalue weighted by molar-refractivity contribution is -0.0355. The topological polar surface area (TPSA) is 59.4 Å². The van der Waals surface area contributed by atoms with Crippen LogP contribution in [0.3, 0.4) is 0 Å². The number of amidine groups is 1. The van der Waals surface area contributed by atoms with E-state index in [1.54, 1.807) is 0 Å². The van der Waals surface area contributed by atoms with Gasteiger partial charge in [-0.15, -0.1) is 0 Å². The SMILES string of the molecule is N=C1C=CNC(Cl)N1O. The van der Waals surface area contributed by atoms with Gasteiger partial charge >= 0.3 is 0 Å². The second-order valence-electron chi connectivity index (χ2n) is 1.57. The normalized spacial score (nSPS) is 26.2. The highest BCUT2D eigenvalue weighted by Gasteiger charge is 2.16. The van der Waals surface area contributed by atoms with E-state index in [1.807, 2.05) is 0 Å². The first-order valence-electron chi connectivity index (χ1n) is 2.35. The van der Waals surface area contributed by atoms with Crippen molar-refractivity contribution in [3.05, 3.63) is 12.3 Å². The maximum absolute atomic E-state index is 8.81. The lowest BCUT2D eigenvalue weighted by atomic mass is 10.5. The molecule has 1 heterocycles. The minimum Gasteiger partial charge on any atom is -0.357 e. The van der Waals surface area contributed by atoms with Crippen molar-refractivity contribution < 1.29 is 5.21 Å². The van der Waals surface area contributed by atoms with Gasteiger partial charge in [0.2, 0.25) is 5.62 Å². The van der Waals surface area contributed by atoms with Crippen LogP contribution < -0.4 is 5.32 Å². The minimum absolute atomic E-state index is 0.0197. The molecule has 0 radical (unpaired) electrons. The number of rotatable bonds is 0. The average Bonchev–Trinajstić information content (AvgIpc) is 1.83. The Balaban J connectivity index is 2.69. The fraction of sp³-hybridized carbons (Fsp3) is 0.250. The van der Waals surface area contributed by atoms with E-state index < -0.39 is 5.62 Å². The zero-order chi connectivity index (χ0) is 6.85. The summed E-state index contributed by atoms with van der Waals surface area (Å²) < 4.78 is 0. The quantitative estimate of drug-likeness (QED) is 0.341. The molecule has 0 aromatic carbocycles. The van der Waals surface area contributed by atoms with Crippen LogP contribution in [0, 0.1) is 5.41 Å². The van der Waals surface area contributed by atoms with Crippen LogP contribution in [0.1, 0.15) is 0 Å². The van der Waals surface area contributed by atoms with Gasteiger partial charge < -0.3 is 5.32 Å². The van der Waals surface area contributed by atoms with Crippen LogP contribution in [0.25, 0.3) is 0 Å². The molecule has 0 aliphatic carbocycles. The molecule has 1 unspecified atom stereocenters. The molecule has 1 aliphatic rings. The molecule has 0 aromatic rings. The number of hydroxylamine groups is 2. The highest BCUT2D eigenvalue weighted by Crippen LogP contribution is 2.02. The van der Waals surface area contributed by atoms with Gasteiger partial charge in [0.15, 0.2) is 0 Å². The first-order chi connectivity index (χ1) is 4.22. The Labute approximate surface area is 57.2 Å². The van der Waals surface area contributed by atoms with E-state index in [-0.39, 0.29) is 5.84 Å². The van der Waals surface area contributed by atoms with E-state index in [1.165, 1.54) is 12.3 Å². The van der Waals surface area contributed by atoms with E-state index in [0.29, 0.717) is 5.06 Å². The summed E-state index contributed by atoms with van der Waals surface area (Å²) in [6, 6.07) is 0. The number of hydrogen-bond acceptors (Lipinski definition) is 3. The van der Waals surface area contributed by atoms with E-state index in [2.05, 4.69) is 5.32 Å². The lowest BCUT2D eigenvalue weighted by Gasteiger charge is -2.24. The van der Waals surface area contributed by atoms with Crippen LogP contribution in [-0.4, -0.2) is 21.7 Å². The Bertz CT molecular complexity index is 158. The molecule has 0 aromatic heterocycles. The van der Waals surface area contributed by atoms with Crippen molar-refractivity contribution in [2.45, 2.75) is 5.62 Å². The molecule has 0 bridgehead atoms. The minimum atomic E-state index is -0.720. The van der Waals surface area contributed by atoms with Crippen LogP contribution >= 0.6 is 11.6 Å². The lowest BCUT2D eigenvalue weighted by Crippen LogP contribution is -2.43. The summed E-state index contributed by atoms with van der Waals surface area (Å²) in [5, 5.41) is 19.0. The second kappa shape index (κ2) is 2.24. The van der Waals surface area contributed by atoms with Crippen LogP contribution in [0.2, 0.25) is 0 Å². The van der Waals surface area contributed by atoms with Crippen molar-refractivity contribution in [1.29, 1.82) is 5.41 Å². The van der Waals surface area contributed by atoms with Crippen molar-refractivity contribution in [3.63, 3.8) is 0 Å². The molecule has 50 valence electrons. The van der Waals surface area contributed by atoms with Crippen LogP contribution in [0.5, 0.6) is 0 Å². The van der Waals surface area contributed by atoms with Gasteiger partial charge in [0.1, 0.15) is 5.84 Å². The van der Waals surface area contributed by atoms with Gasteiger partial charge in [0.05, 0.1) is 0 Å². The number of hydrogen-bond donors (Lipinski definition) is 3. The van der Waals surface area contributed by atoms with E-state index in [4.69, 9.17) is 22.2 Å². The van der Waals surface area contributed by atoms with Gasteiger partial charge in [-0.05, 0) is 6.08 Å². The third-order valence-electron chi connectivity index (χ3n) is 0.937. The smallest absolute Gasteiger partial charge is 0.202 e. The molecule has 3 N–H and O–H groups in total. The molecule has 9 heavy (non-hydrogen) atoms. The third kappa shape index (κ3) is 1.14. The molecule has 0 spiro atoms. The number of halogens is 1. The largest absolute Gasteiger partial charge is 0.357 e. The Hall–Kier alpha value is -0.740. The number of alkyl halides is 1. The summed E-state index contributed by atoms with van der Waals surface area (Å²) in [4.78, 5) is 0. The summed E-state index contributed by atoms with van der Waals surface area (Å²) >= 11 is 5.43. The van der Waals surface area contributed by atoms with E-state index >= 15 is 0 Å². The van der Waals surface area contributed by atoms with Gasteiger partial charge in [0.25, 0.3) is 0 Å². The second-order valence-corrected chi connectivity index (χ2v) is 1.98. The molecular formula is C4H6ClN3O. The Morgan fingerprint density at radius 1 is 1.89 bits per heavy atom. The standard InChI is InChI=1S/C4H6ClN3O/c5-4-7-2-1-3(6)8(4)9/h1-2,4,6-7,9H. The summed E-state index contributed by atoms with van der Waals surface area (Å²) in [6.45, 7) is 0. The van der Waals surface area contributed by atoms with Gasteiger partial charge in [-0.3, -0.25) is 10.6 Å². The molecule has 5 heteroatoms. The van der Waals surface area contributed by atoms with E-state index in [9.17, 15) is 0 Å². The average molecular weight is 148 g/mol. The predicted octanol–water partition coefficient (Wildman–Crippen LogP) is 0.294. The molecule has 1 rings (SSSR count). The van der Waals surface area contributed by atoms with Crippen LogP contribution in [-0.2, 0) is 0 Å². The highest BCUT2D eigenvalue weighted by molar-refractivity contribution is 6.21. The summed E-state index contributed by atoms with van der Waals surface area (Å²) in [5.41, 5.74) is -0.720. The highest BCUT2D eigenvalue weighted by atomic mass is 35.5.